The number of hydrogen-bond donors (Lipinski definition) is 0. The van der Waals surface area contributed by atoms with Crippen LogP contribution in [-0.2, 0) is 9.47 Å². The maximum atomic E-state index is 13.6. The highest BCUT2D eigenvalue weighted by Gasteiger charge is 2.29. The van der Waals surface area contributed by atoms with Crippen LogP contribution in [0, 0.1) is 41.5 Å². The van der Waals surface area contributed by atoms with Gasteiger partial charge in [-0.05, 0) is 110 Å². The van der Waals surface area contributed by atoms with Gasteiger partial charge in [0, 0.05) is 35.4 Å². The van der Waals surface area contributed by atoms with E-state index in [1.807, 2.05) is 16.7 Å². The van der Waals surface area contributed by atoms with E-state index in [1.54, 1.807) is 7.11 Å². The van der Waals surface area contributed by atoms with Gasteiger partial charge in [-0.15, -0.1) is 0 Å². The molecule has 5 rings (SSSR count). The van der Waals surface area contributed by atoms with Gasteiger partial charge < -0.3 is 18.6 Å². The van der Waals surface area contributed by atoms with Crippen molar-refractivity contribution in [2.75, 3.05) is 21.0 Å². The molecule has 0 aliphatic carbocycles. The average molecular weight is 522 g/mol. The van der Waals surface area contributed by atoms with Crippen LogP contribution in [-0.4, -0.2) is 31.4 Å². The Kier molecular flexibility index (Phi) is 6.96. The van der Waals surface area contributed by atoms with Crippen molar-refractivity contribution in [2.45, 2.75) is 41.5 Å². The molecule has 0 radical (unpaired) electrons. The molecule has 0 saturated heterocycles. The van der Waals surface area contributed by atoms with Crippen LogP contribution in [0.5, 0.6) is 5.75 Å². The van der Waals surface area contributed by atoms with Crippen molar-refractivity contribution >= 4 is 22.3 Å². The van der Waals surface area contributed by atoms with Gasteiger partial charge >= 0.3 is 5.97 Å². The summed E-state index contributed by atoms with van der Waals surface area (Å²) in [5.74, 6) is 0.247. The lowest BCUT2D eigenvalue weighted by Crippen LogP contribution is -2.08. The van der Waals surface area contributed by atoms with Gasteiger partial charge in [-0.25, -0.2) is 4.79 Å². The van der Waals surface area contributed by atoms with Crippen molar-refractivity contribution in [3.05, 3.63) is 93.8 Å². The number of carbonyl (C=O) groups is 1. The van der Waals surface area contributed by atoms with Crippen LogP contribution in [0.15, 0.2) is 54.7 Å². The molecular weight excluding hydrogens is 486 g/mol. The average Bonchev–Trinajstić information content (AvgIpc) is 3.26. The van der Waals surface area contributed by atoms with Crippen LogP contribution in [0.3, 0.4) is 0 Å². The molecule has 2 heterocycles. The summed E-state index contributed by atoms with van der Waals surface area (Å²) in [5.41, 5.74) is 12.0. The van der Waals surface area contributed by atoms with Gasteiger partial charge in [-0.3, -0.25) is 0 Å². The first kappa shape index (κ1) is 26.5. The van der Waals surface area contributed by atoms with Crippen LogP contribution < -0.4 is 4.74 Å². The van der Waals surface area contributed by atoms with E-state index in [-0.39, 0.29) is 6.79 Å². The Labute approximate surface area is 229 Å². The minimum atomic E-state index is -0.408. The molecule has 0 atom stereocenters. The third kappa shape index (κ3) is 4.47. The third-order valence-corrected chi connectivity index (χ3v) is 7.90. The van der Waals surface area contributed by atoms with Crippen molar-refractivity contribution in [2.24, 2.45) is 0 Å². The Morgan fingerprint density at radius 3 is 2.10 bits per heavy atom. The van der Waals surface area contributed by atoms with E-state index in [2.05, 4.69) is 84.0 Å². The predicted molar refractivity (Wildman–Crippen MR) is 158 cm³/mol. The lowest BCUT2D eigenvalue weighted by molar-refractivity contribution is 0.0515. The second-order valence-electron chi connectivity index (χ2n) is 10.4. The van der Waals surface area contributed by atoms with Crippen LogP contribution in [0.1, 0.15) is 43.9 Å². The highest BCUT2D eigenvalue weighted by atomic mass is 16.7. The molecule has 2 aromatic heterocycles. The first-order valence-corrected chi connectivity index (χ1v) is 13.1. The number of pyridine rings is 1. The normalized spacial score (nSPS) is 11.4. The molecule has 3 aromatic carbocycles. The van der Waals surface area contributed by atoms with E-state index in [9.17, 15) is 4.79 Å². The SMILES string of the molecule is COCOc1cc(C)c(C)cc1-c1c(-c2ccc(C)c(C)c2)c2c3cc(C)c(C)cc3ccn2c1C(=O)OC. The lowest BCUT2D eigenvalue weighted by atomic mass is 9.90. The molecule has 0 bridgehead atoms. The number of carbonyl (C=O) groups excluding carboxylic acids is 1. The quantitative estimate of drug-likeness (QED) is 0.168. The van der Waals surface area contributed by atoms with Gasteiger partial charge in [-0.2, -0.15) is 0 Å². The van der Waals surface area contributed by atoms with Crippen molar-refractivity contribution in [3.8, 4) is 28.0 Å². The summed E-state index contributed by atoms with van der Waals surface area (Å²) in [5, 5.41) is 2.19. The Morgan fingerprint density at radius 1 is 0.744 bits per heavy atom. The molecule has 5 heteroatoms. The minimum Gasteiger partial charge on any atom is -0.467 e. The Hall–Kier alpha value is -4.09. The van der Waals surface area contributed by atoms with Crippen LogP contribution in [0.4, 0.5) is 0 Å². The molecule has 200 valence electrons. The predicted octanol–water partition coefficient (Wildman–Crippen LogP) is 8.05. The van der Waals surface area contributed by atoms with E-state index < -0.39 is 5.97 Å². The van der Waals surface area contributed by atoms with Crippen molar-refractivity contribution in [1.29, 1.82) is 0 Å². The first-order chi connectivity index (χ1) is 18.7. The smallest absolute Gasteiger partial charge is 0.355 e. The van der Waals surface area contributed by atoms with E-state index in [0.29, 0.717) is 11.4 Å². The zero-order chi connectivity index (χ0) is 28.0. The molecule has 0 N–H and O–H groups in total. The highest BCUT2D eigenvalue weighted by molar-refractivity contribution is 6.14. The number of rotatable bonds is 6. The number of aromatic nitrogens is 1. The fraction of sp³-hybridized carbons (Fsp3) is 0.265. The molecule has 5 aromatic rings. The number of nitrogens with zero attached hydrogens (tertiary/aromatic N) is 1. The zero-order valence-electron chi connectivity index (χ0n) is 24.0. The van der Waals surface area contributed by atoms with E-state index in [0.717, 1.165) is 49.7 Å². The molecule has 0 fully saturated rings. The van der Waals surface area contributed by atoms with Gasteiger partial charge in [-0.1, -0.05) is 24.3 Å². The van der Waals surface area contributed by atoms with E-state index >= 15 is 0 Å². The van der Waals surface area contributed by atoms with Crippen molar-refractivity contribution in [1.82, 2.24) is 4.40 Å². The maximum absolute atomic E-state index is 13.6. The molecule has 39 heavy (non-hydrogen) atoms. The molecule has 0 spiro atoms. The number of benzene rings is 3. The second-order valence-corrected chi connectivity index (χ2v) is 10.4. The van der Waals surface area contributed by atoms with Gasteiger partial charge in [0.2, 0.25) is 0 Å². The summed E-state index contributed by atoms with van der Waals surface area (Å²) in [7, 11) is 3.03. The molecule has 0 aliphatic rings. The summed E-state index contributed by atoms with van der Waals surface area (Å²) in [4.78, 5) is 13.6. The van der Waals surface area contributed by atoms with Crippen LogP contribution in [0.2, 0.25) is 0 Å². The summed E-state index contributed by atoms with van der Waals surface area (Å²) < 4.78 is 18.8. The summed E-state index contributed by atoms with van der Waals surface area (Å²) >= 11 is 0. The second kappa shape index (κ2) is 10.2. The highest BCUT2D eigenvalue weighted by Crippen LogP contribution is 2.47. The number of ether oxygens (including phenoxy) is 3. The number of aryl methyl sites for hydroxylation is 6. The molecular formula is C34H35NO4. The van der Waals surface area contributed by atoms with Gasteiger partial charge in [0.15, 0.2) is 6.79 Å². The lowest BCUT2D eigenvalue weighted by Gasteiger charge is -2.16. The molecule has 0 unspecified atom stereocenters. The third-order valence-electron chi connectivity index (χ3n) is 7.90. The standard InChI is InChI=1S/C34H35NO4/c1-19-9-10-26(14-20(19)2)30-31(28-16-23(5)24(6)17-29(28)39-18-37-7)33(34(36)38-8)35-12-11-25-13-21(3)22(4)15-27(25)32(30)35/h9-17H,18H2,1-8H3. The Morgan fingerprint density at radius 2 is 1.41 bits per heavy atom. The fourth-order valence-electron chi connectivity index (χ4n) is 5.30. The van der Waals surface area contributed by atoms with Crippen molar-refractivity contribution in [3.63, 3.8) is 0 Å². The maximum Gasteiger partial charge on any atom is 0.355 e. The molecule has 0 amide bonds. The van der Waals surface area contributed by atoms with E-state index in [1.165, 1.54) is 29.4 Å². The molecule has 0 saturated carbocycles. The number of methoxy groups -OCH3 is 2. The van der Waals surface area contributed by atoms with E-state index in [4.69, 9.17) is 14.2 Å². The first-order valence-electron chi connectivity index (χ1n) is 13.1. The number of esters is 1. The number of hydrogen-bond acceptors (Lipinski definition) is 4. The molecule has 0 aliphatic heterocycles. The van der Waals surface area contributed by atoms with Gasteiger partial charge in [0.05, 0.1) is 12.6 Å². The summed E-state index contributed by atoms with van der Waals surface area (Å²) in [6, 6.07) is 17.1. The fourth-order valence-corrected chi connectivity index (χ4v) is 5.30. The number of fused-ring (bicyclic) bond motifs is 3. The largest absolute Gasteiger partial charge is 0.467 e. The Bertz CT molecular complexity index is 1760. The van der Waals surface area contributed by atoms with Gasteiger partial charge in [0.25, 0.3) is 0 Å². The zero-order valence-corrected chi connectivity index (χ0v) is 24.0. The van der Waals surface area contributed by atoms with Crippen molar-refractivity contribution < 1.29 is 19.0 Å². The summed E-state index contributed by atoms with van der Waals surface area (Å²) in [6.07, 6.45) is 1.98. The monoisotopic (exact) mass is 521 g/mol. The van der Waals surface area contributed by atoms with Gasteiger partial charge in [0.1, 0.15) is 11.4 Å². The van der Waals surface area contributed by atoms with Crippen LogP contribution >= 0.6 is 0 Å². The summed E-state index contributed by atoms with van der Waals surface area (Å²) in [6.45, 7) is 12.7. The minimum absolute atomic E-state index is 0.0941. The van der Waals surface area contributed by atoms with Crippen LogP contribution in [0.25, 0.3) is 38.5 Å². The Balaban J connectivity index is 2.05. The topological polar surface area (TPSA) is 49.2 Å². The molecule has 5 nitrogen and oxygen atoms in total.